The number of aliphatic hydroxyl groups excluding tert-OH is 1. The predicted molar refractivity (Wildman–Crippen MR) is 338 cm³/mol. The van der Waals surface area contributed by atoms with Crippen molar-refractivity contribution in [3.63, 3.8) is 0 Å². The third kappa shape index (κ3) is 21.7. The number of aryl methyl sites for hydroxylation is 1. The zero-order chi connectivity index (χ0) is 65.3. The van der Waals surface area contributed by atoms with Crippen LogP contribution in [0.1, 0.15) is 119 Å². The number of benzene rings is 4. The van der Waals surface area contributed by atoms with Crippen LogP contribution in [0, 0.1) is 11.7 Å². The van der Waals surface area contributed by atoms with E-state index in [4.69, 9.17) is 5.73 Å². The number of unbranched alkanes of at least 4 members (excludes halogenated alkanes) is 2. The average molecular weight is 1240 g/mol. The minimum atomic E-state index is -1.68. The molecule has 90 heavy (non-hydrogen) atoms. The van der Waals surface area contributed by atoms with Gasteiger partial charge in [0.1, 0.15) is 53.9 Å². The fraction of sp³-hybridized carbons (Fsp3) is 0.463. The minimum absolute atomic E-state index is 0.0330. The number of carbonyl (C=O) groups excluding carboxylic acids is 9. The lowest BCUT2D eigenvalue weighted by molar-refractivity contribution is -0.144. The van der Waals surface area contributed by atoms with Gasteiger partial charge in [0.2, 0.25) is 47.3 Å². The first-order valence-corrected chi connectivity index (χ1v) is 31.0. The predicted octanol–water partition coefficient (Wildman–Crippen LogP) is 4.03. The summed E-state index contributed by atoms with van der Waals surface area (Å²) < 4.78 is 13.7. The molecule has 1 aliphatic heterocycles. The van der Waals surface area contributed by atoms with Gasteiger partial charge in [0.15, 0.2) is 0 Å². The van der Waals surface area contributed by atoms with Crippen molar-refractivity contribution in [2.75, 3.05) is 33.3 Å². The van der Waals surface area contributed by atoms with Crippen molar-refractivity contribution in [1.29, 1.82) is 0 Å². The summed E-state index contributed by atoms with van der Waals surface area (Å²) in [5.41, 5.74) is 7.90. The monoisotopic (exact) mass is 1240 g/mol. The first-order valence-electron chi connectivity index (χ1n) is 31.0. The quantitative estimate of drug-likeness (QED) is 0.0257. The van der Waals surface area contributed by atoms with E-state index in [9.17, 15) is 53.0 Å². The third-order valence-electron chi connectivity index (χ3n) is 15.8. The van der Waals surface area contributed by atoms with Gasteiger partial charge in [0.25, 0.3) is 5.91 Å². The zero-order valence-electron chi connectivity index (χ0n) is 52.1. The summed E-state index contributed by atoms with van der Waals surface area (Å²) in [4.78, 5) is 134. The molecule has 2 heterocycles. The molecule has 4 aromatic carbocycles. The highest BCUT2D eigenvalue weighted by Crippen LogP contribution is 2.23. The molecule has 1 aromatic heterocycles. The summed E-state index contributed by atoms with van der Waals surface area (Å²) in [5, 5.41) is 42.9. The molecular weight excluding hydrogens is 1150 g/mol. The summed E-state index contributed by atoms with van der Waals surface area (Å²) in [6, 6.07) is 19.0. The molecule has 0 bridgehead atoms. The highest BCUT2D eigenvalue weighted by atomic mass is 19.1. The lowest BCUT2D eigenvalue weighted by Gasteiger charge is -2.32. The van der Waals surface area contributed by atoms with Crippen LogP contribution in [0.4, 0.5) is 4.39 Å². The number of phenols is 1. The van der Waals surface area contributed by atoms with E-state index >= 15 is 4.79 Å². The molecule has 7 atom stereocenters. The number of aliphatic hydroxyl groups is 1. The number of hydrogen-bond acceptors (Lipinski definition) is 13. The van der Waals surface area contributed by atoms with Gasteiger partial charge in [-0.3, -0.25) is 48.1 Å². The van der Waals surface area contributed by atoms with Crippen molar-refractivity contribution in [3.8, 4) is 5.75 Å². The molecule has 11 N–H and O–H groups in total. The number of pyridine rings is 1. The Kier molecular flexibility index (Phi) is 27.6. The van der Waals surface area contributed by atoms with Crippen LogP contribution in [0.2, 0.25) is 0 Å². The fourth-order valence-electron chi connectivity index (χ4n) is 10.9. The summed E-state index contributed by atoms with van der Waals surface area (Å²) >= 11 is 0. The van der Waals surface area contributed by atoms with Crippen molar-refractivity contribution in [1.82, 2.24) is 52.0 Å². The van der Waals surface area contributed by atoms with E-state index in [1.165, 1.54) is 60.7 Å². The van der Waals surface area contributed by atoms with Gasteiger partial charge in [-0.05, 0) is 141 Å². The van der Waals surface area contributed by atoms with Crippen LogP contribution in [0.3, 0.4) is 0 Å². The van der Waals surface area contributed by atoms with E-state index in [-0.39, 0.29) is 88.1 Å². The smallest absolute Gasteiger partial charge is 0.252 e. The van der Waals surface area contributed by atoms with Crippen molar-refractivity contribution in [2.45, 2.75) is 160 Å². The molecule has 0 radical (unpaired) electrons. The van der Waals surface area contributed by atoms with E-state index in [2.05, 4.69) is 42.2 Å². The molecule has 0 spiro atoms. The van der Waals surface area contributed by atoms with Gasteiger partial charge in [-0.2, -0.15) is 0 Å². The first-order chi connectivity index (χ1) is 43.1. The number of carbonyl (C=O) groups is 9. The summed E-state index contributed by atoms with van der Waals surface area (Å²) in [6.07, 6.45) is 5.84. The van der Waals surface area contributed by atoms with Gasteiger partial charge in [-0.15, -0.1) is 0 Å². The third-order valence-corrected chi connectivity index (χ3v) is 15.8. The number of aromatic hydroxyl groups is 1. The minimum Gasteiger partial charge on any atom is -0.508 e. The Balaban J connectivity index is 1.26. The number of primary amides is 1. The van der Waals surface area contributed by atoms with Crippen LogP contribution in [-0.4, -0.2) is 160 Å². The molecule has 1 saturated heterocycles. The van der Waals surface area contributed by atoms with Crippen molar-refractivity contribution >= 4 is 63.9 Å². The molecule has 22 nitrogen and oxygen atoms in total. The van der Waals surface area contributed by atoms with Gasteiger partial charge >= 0.3 is 0 Å². The normalized spacial score (nSPS) is 15.0. The van der Waals surface area contributed by atoms with Gasteiger partial charge in [-0.25, -0.2) is 4.39 Å². The van der Waals surface area contributed by atoms with Gasteiger partial charge in [0, 0.05) is 57.8 Å². The number of rotatable bonds is 35. The molecule has 1 fully saturated rings. The molecule has 23 heteroatoms. The molecule has 484 valence electrons. The molecule has 0 unspecified atom stereocenters. The van der Waals surface area contributed by atoms with Gasteiger partial charge < -0.3 is 63.0 Å². The van der Waals surface area contributed by atoms with E-state index in [0.717, 1.165) is 15.7 Å². The van der Waals surface area contributed by atoms with E-state index in [1.54, 1.807) is 24.3 Å². The Bertz CT molecular complexity index is 3200. The van der Waals surface area contributed by atoms with Crippen molar-refractivity contribution in [2.24, 2.45) is 11.7 Å². The number of nitrogens with zero attached hydrogens (tertiary/aromatic N) is 3. The largest absolute Gasteiger partial charge is 0.508 e. The summed E-state index contributed by atoms with van der Waals surface area (Å²) in [5.74, 6) is -6.79. The second-order valence-electron chi connectivity index (χ2n) is 23.7. The maximum Gasteiger partial charge on any atom is 0.252 e. The lowest BCUT2D eigenvalue weighted by atomic mass is 9.97. The van der Waals surface area contributed by atoms with Crippen LogP contribution < -0.4 is 43.0 Å². The van der Waals surface area contributed by atoms with Crippen LogP contribution in [0.25, 0.3) is 10.8 Å². The van der Waals surface area contributed by atoms with E-state index < -0.39 is 102 Å². The number of likely N-dealkylation sites (N-methyl/N-ethyl adjacent to an activating group) is 1. The maximum atomic E-state index is 15.1. The van der Waals surface area contributed by atoms with Crippen LogP contribution in [0.5, 0.6) is 5.75 Å². The number of phenolic OH excluding ortho intramolecular Hbond substituents is 1. The van der Waals surface area contributed by atoms with Gasteiger partial charge in [0.05, 0.1) is 12.2 Å². The van der Waals surface area contributed by atoms with Crippen molar-refractivity contribution in [3.05, 3.63) is 144 Å². The Hall–Kier alpha value is -8.83. The van der Waals surface area contributed by atoms with Crippen LogP contribution in [-0.2, 0) is 57.6 Å². The molecule has 6 rings (SSSR count). The number of hydrogen-bond donors (Lipinski definition) is 10. The lowest BCUT2D eigenvalue weighted by Crippen LogP contribution is -2.61. The number of aromatic nitrogens is 1. The number of fused-ring (bicyclic) bond motifs is 1. The Morgan fingerprint density at radius 1 is 0.689 bits per heavy atom. The number of nitrogens with two attached hydrogens (primary N) is 1. The Morgan fingerprint density at radius 3 is 2.00 bits per heavy atom. The SMILES string of the molecule is CC(C)C[C@H](NC(=O)[C@@H](CCCCNC(=O)c1cccnc1)NC(=O)[C@H](Cc1ccc(O)cc1)N(C)C(=O)[C@H](CO)NC(=O)[C@@H](Cc1cccc2ccccc12)NC(=O)CCc1ccc(F)cc1)C(=O)N[C@@H](CCCCNC(C)C)C(=O)N1CCC[C@H]1C(N)=O. The van der Waals surface area contributed by atoms with E-state index in [1.807, 2.05) is 70.2 Å². The second-order valence-corrected chi connectivity index (χ2v) is 23.7. The van der Waals surface area contributed by atoms with E-state index in [0.29, 0.717) is 60.9 Å². The first kappa shape index (κ1) is 70.3. The number of nitrogens with one attached hydrogen (secondary N) is 7. The average Bonchev–Trinajstić information content (AvgIpc) is 1.76. The number of likely N-dealkylation sites (tertiary alicyclic amines) is 1. The molecule has 0 saturated carbocycles. The molecule has 1 aliphatic rings. The maximum absolute atomic E-state index is 15.1. The molecule has 0 aliphatic carbocycles. The highest BCUT2D eigenvalue weighted by Gasteiger charge is 2.39. The fourth-order valence-corrected chi connectivity index (χ4v) is 10.9. The molecule has 9 amide bonds. The van der Waals surface area contributed by atoms with Crippen LogP contribution >= 0.6 is 0 Å². The number of amides is 9. The molecule has 5 aromatic rings. The Labute approximate surface area is 525 Å². The highest BCUT2D eigenvalue weighted by molar-refractivity contribution is 5.98. The number of halogens is 1. The molecular formula is C67H88FN11O11. The van der Waals surface area contributed by atoms with Gasteiger partial charge in [-0.1, -0.05) is 94.4 Å². The topological polar surface area (TPSA) is 324 Å². The summed E-state index contributed by atoms with van der Waals surface area (Å²) in [6.45, 7) is 7.87. The standard InChI is InChI=1S/C67H88FN11O11/c1-42(2)37-54(63(86)75-53(21-9-10-34-71-43(3)4)67(90)79-36-14-22-57(79)60(69)83)76-62(85)52(20-8-11-35-72-61(84)48-18-13-33-70-40-48)74-65(88)58(38-45-25-30-50(81)31-26-45)78(5)66(89)56(41-80)77-64(87)55(39-47-17-12-16-46-15-6-7-19-51(46)47)73-59(82)32-27-44-23-28-49(68)29-24-44/h6-7,12-13,15-19,23-26,28-31,33,40,42-43,52-58,71,80-81H,8-11,14,20-22,27,32,34-39,41H2,1-5H3,(H2,69,83)(H,72,84)(H,73,82)(H,74,88)(H,75,86)(H,76,85)(H,77,87)/t52-,53+,54+,55-,56+,57+,58+/m1/s1. The van der Waals surface area contributed by atoms with Crippen molar-refractivity contribution < 1.29 is 57.8 Å². The summed E-state index contributed by atoms with van der Waals surface area (Å²) in [7, 11) is 1.29. The van der Waals surface area contributed by atoms with Crippen LogP contribution in [0.15, 0.2) is 116 Å². The zero-order valence-corrected chi connectivity index (χ0v) is 52.1. The second kappa shape index (κ2) is 35.4. The Morgan fingerprint density at radius 2 is 1.32 bits per heavy atom.